The molecule has 3 aromatic rings. The highest BCUT2D eigenvalue weighted by molar-refractivity contribution is 6.38. The number of nitrogens with two attached hydrogens (primary N) is 1. The van der Waals surface area contributed by atoms with Gasteiger partial charge in [-0.15, -0.1) is 0 Å². The van der Waals surface area contributed by atoms with Crippen molar-refractivity contribution in [3.63, 3.8) is 0 Å². The summed E-state index contributed by atoms with van der Waals surface area (Å²) in [4.78, 5) is 17.0. The smallest absolute Gasteiger partial charge is 0.267 e. The minimum Gasteiger partial charge on any atom is -0.293 e. The minimum absolute atomic E-state index is 0.197. The molecule has 3 N–H and O–H groups in total. The van der Waals surface area contributed by atoms with Gasteiger partial charge in [-0.05, 0) is 24.3 Å². The fraction of sp³-hybridized carbons (Fsp3) is 0. The summed E-state index contributed by atoms with van der Waals surface area (Å²) in [7, 11) is 0. The van der Waals surface area contributed by atoms with E-state index in [2.05, 4.69) is 10.4 Å². The van der Waals surface area contributed by atoms with Crippen molar-refractivity contribution < 1.29 is 0 Å². The molecule has 3 rings (SSSR count). The third-order valence-electron chi connectivity index (χ3n) is 3.03. The van der Waals surface area contributed by atoms with Crippen LogP contribution in [-0.4, -0.2) is 9.55 Å². The van der Waals surface area contributed by atoms with Crippen LogP contribution in [0, 0.1) is 0 Å². The third-order valence-corrected chi connectivity index (χ3v) is 3.54. The second-order valence-electron chi connectivity index (χ2n) is 4.34. The van der Waals surface area contributed by atoms with E-state index in [0.29, 0.717) is 26.6 Å². The number of aromatic nitrogens is 2. The van der Waals surface area contributed by atoms with Crippen molar-refractivity contribution in [3.05, 3.63) is 62.9 Å². The molecule has 2 aromatic carbocycles. The van der Waals surface area contributed by atoms with Gasteiger partial charge in [0.25, 0.3) is 5.56 Å². The van der Waals surface area contributed by atoms with Crippen molar-refractivity contribution in [3.8, 4) is 5.69 Å². The topological polar surface area (TPSA) is 72.9 Å². The Labute approximate surface area is 129 Å². The van der Waals surface area contributed by atoms with Crippen molar-refractivity contribution in [2.45, 2.75) is 0 Å². The number of hydrogen-bond donors (Lipinski definition) is 2. The molecule has 1 heterocycles. The maximum atomic E-state index is 12.7. The van der Waals surface area contributed by atoms with Crippen molar-refractivity contribution >= 4 is 40.1 Å². The molecule has 0 aliphatic rings. The lowest BCUT2D eigenvalue weighted by Crippen LogP contribution is -2.26. The van der Waals surface area contributed by atoms with Crippen LogP contribution in [0.5, 0.6) is 0 Å². The third kappa shape index (κ3) is 2.35. The van der Waals surface area contributed by atoms with Crippen LogP contribution in [-0.2, 0) is 0 Å². The van der Waals surface area contributed by atoms with Gasteiger partial charge < -0.3 is 0 Å². The number of halogens is 2. The first-order chi connectivity index (χ1) is 10.1. The Hall–Kier alpha value is -2.08. The van der Waals surface area contributed by atoms with Crippen molar-refractivity contribution in [2.24, 2.45) is 5.84 Å². The van der Waals surface area contributed by atoms with Crippen LogP contribution in [0.25, 0.3) is 16.6 Å². The number of nitrogen functional groups attached to an aromatic ring is 1. The molecule has 0 saturated heterocycles. The summed E-state index contributed by atoms with van der Waals surface area (Å²) >= 11 is 12.1. The van der Waals surface area contributed by atoms with E-state index in [1.807, 2.05) is 18.2 Å². The zero-order chi connectivity index (χ0) is 15.0. The van der Waals surface area contributed by atoms with Gasteiger partial charge in [0.05, 0.1) is 21.6 Å². The quantitative estimate of drug-likeness (QED) is 0.562. The van der Waals surface area contributed by atoms with Gasteiger partial charge >= 0.3 is 0 Å². The molecule has 106 valence electrons. The van der Waals surface area contributed by atoms with Gasteiger partial charge in [0, 0.05) is 5.02 Å². The summed E-state index contributed by atoms with van der Waals surface area (Å²) in [6.07, 6.45) is 0. The predicted octanol–water partition coefficient (Wildman–Crippen LogP) is 2.98. The highest BCUT2D eigenvalue weighted by Crippen LogP contribution is 2.26. The van der Waals surface area contributed by atoms with Crippen LogP contribution in [0.15, 0.2) is 47.3 Å². The lowest BCUT2D eigenvalue weighted by atomic mass is 10.2. The Morgan fingerprint density at radius 2 is 1.86 bits per heavy atom. The Morgan fingerprint density at radius 1 is 1.14 bits per heavy atom. The van der Waals surface area contributed by atoms with Crippen LogP contribution in [0.4, 0.5) is 5.95 Å². The fourth-order valence-electron chi connectivity index (χ4n) is 2.13. The van der Waals surface area contributed by atoms with Gasteiger partial charge in [-0.2, -0.15) is 0 Å². The summed E-state index contributed by atoms with van der Waals surface area (Å²) in [5, 5.41) is 1.00. The Bertz CT molecular complexity index is 878. The lowest BCUT2D eigenvalue weighted by molar-refractivity contribution is 0.955. The molecule has 0 saturated carbocycles. The number of hydrazine groups is 1. The number of anilines is 1. The largest absolute Gasteiger partial charge is 0.293 e. The molecule has 5 nitrogen and oxygen atoms in total. The van der Waals surface area contributed by atoms with Crippen LogP contribution in [0.2, 0.25) is 10.0 Å². The van der Waals surface area contributed by atoms with E-state index in [-0.39, 0.29) is 11.5 Å². The van der Waals surface area contributed by atoms with Gasteiger partial charge in [0.2, 0.25) is 5.95 Å². The fourth-order valence-corrected chi connectivity index (χ4v) is 2.66. The van der Waals surface area contributed by atoms with E-state index >= 15 is 0 Å². The number of hydrogen-bond acceptors (Lipinski definition) is 4. The standard InChI is InChI=1S/C14H10Cl2N4O/c15-8-6-10-12(11(16)7-8)18-14(19-17)20(13(10)21)9-4-2-1-3-5-9/h1-7H,17H2,(H,18,19). The molecule has 0 radical (unpaired) electrons. The number of rotatable bonds is 2. The van der Waals surface area contributed by atoms with E-state index in [1.54, 1.807) is 12.1 Å². The second-order valence-corrected chi connectivity index (χ2v) is 5.18. The average molecular weight is 321 g/mol. The summed E-state index contributed by atoms with van der Waals surface area (Å²) in [5.41, 5.74) is 3.12. The molecule has 0 aliphatic heterocycles. The number of para-hydroxylation sites is 1. The zero-order valence-corrected chi connectivity index (χ0v) is 12.2. The van der Waals surface area contributed by atoms with Crippen LogP contribution in [0.1, 0.15) is 0 Å². The molecule has 0 spiro atoms. The Balaban J connectivity index is 2.45. The van der Waals surface area contributed by atoms with Gasteiger partial charge in [-0.1, -0.05) is 41.4 Å². The van der Waals surface area contributed by atoms with Gasteiger partial charge in [-0.25, -0.2) is 15.4 Å². The molecular weight excluding hydrogens is 311 g/mol. The molecule has 21 heavy (non-hydrogen) atoms. The second kappa shape index (κ2) is 5.37. The normalized spacial score (nSPS) is 10.8. The maximum Gasteiger partial charge on any atom is 0.267 e. The summed E-state index contributed by atoms with van der Waals surface area (Å²) in [6.45, 7) is 0. The molecule has 0 unspecified atom stereocenters. The van der Waals surface area contributed by atoms with Gasteiger partial charge in [0.1, 0.15) is 0 Å². The molecule has 0 bridgehead atoms. The molecular formula is C14H10Cl2N4O. The van der Waals surface area contributed by atoms with Gasteiger partial charge in [0.15, 0.2) is 0 Å². The zero-order valence-electron chi connectivity index (χ0n) is 10.7. The van der Waals surface area contributed by atoms with E-state index in [4.69, 9.17) is 29.0 Å². The number of benzene rings is 2. The molecule has 0 amide bonds. The van der Waals surface area contributed by atoms with Gasteiger partial charge in [-0.3, -0.25) is 10.2 Å². The summed E-state index contributed by atoms with van der Waals surface area (Å²) in [6, 6.07) is 12.1. The van der Waals surface area contributed by atoms with Crippen molar-refractivity contribution in [1.29, 1.82) is 0 Å². The Morgan fingerprint density at radius 3 is 2.52 bits per heavy atom. The Kier molecular flexibility index (Phi) is 3.55. The lowest BCUT2D eigenvalue weighted by Gasteiger charge is -2.13. The highest BCUT2D eigenvalue weighted by Gasteiger charge is 2.14. The van der Waals surface area contributed by atoms with Crippen LogP contribution >= 0.6 is 23.2 Å². The van der Waals surface area contributed by atoms with Crippen molar-refractivity contribution in [2.75, 3.05) is 5.43 Å². The predicted molar refractivity (Wildman–Crippen MR) is 85.2 cm³/mol. The van der Waals surface area contributed by atoms with E-state index in [0.717, 1.165) is 0 Å². The first-order valence-electron chi connectivity index (χ1n) is 6.05. The molecule has 0 fully saturated rings. The minimum atomic E-state index is -0.302. The maximum absolute atomic E-state index is 12.7. The molecule has 0 atom stereocenters. The van der Waals surface area contributed by atoms with Crippen LogP contribution < -0.4 is 16.8 Å². The number of nitrogens with one attached hydrogen (secondary N) is 1. The van der Waals surface area contributed by atoms with E-state index in [1.165, 1.54) is 16.7 Å². The first-order valence-corrected chi connectivity index (χ1v) is 6.81. The van der Waals surface area contributed by atoms with Crippen LogP contribution in [0.3, 0.4) is 0 Å². The summed E-state index contributed by atoms with van der Waals surface area (Å²) in [5.74, 6) is 5.68. The van der Waals surface area contributed by atoms with Crippen molar-refractivity contribution in [1.82, 2.24) is 9.55 Å². The first kappa shape index (κ1) is 13.9. The highest BCUT2D eigenvalue weighted by atomic mass is 35.5. The summed E-state index contributed by atoms with van der Waals surface area (Å²) < 4.78 is 1.37. The molecule has 1 aromatic heterocycles. The SMILES string of the molecule is NNc1nc2c(Cl)cc(Cl)cc2c(=O)n1-c1ccccc1. The van der Waals surface area contributed by atoms with E-state index in [9.17, 15) is 4.79 Å². The number of nitrogens with zero attached hydrogens (tertiary/aromatic N) is 2. The van der Waals surface area contributed by atoms with E-state index < -0.39 is 0 Å². The molecule has 0 aliphatic carbocycles. The molecule has 7 heteroatoms. The average Bonchev–Trinajstić information content (AvgIpc) is 2.48. The number of fused-ring (bicyclic) bond motifs is 1. The monoisotopic (exact) mass is 320 g/mol.